The van der Waals surface area contributed by atoms with Crippen molar-refractivity contribution in [3.8, 4) is 0 Å². The van der Waals surface area contributed by atoms with Crippen LogP contribution in [0.15, 0.2) is 35.2 Å². The molecule has 26 atom stereocenters. The van der Waals surface area contributed by atoms with Crippen LogP contribution in [0.5, 0.6) is 0 Å². The van der Waals surface area contributed by atoms with Crippen molar-refractivity contribution < 1.29 is 155 Å². The smallest absolute Gasteiger partial charge is 0.314 e. The number of aliphatic hydroxyl groups is 18. The zero-order chi connectivity index (χ0) is 62.0. The summed E-state index contributed by atoms with van der Waals surface area (Å²) < 4.78 is 47.6. The van der Waals surface area contributed by atoms with Gasteiger partial charge in [-0.15, -0.1) is 0 Å². The summed E-state index contributed by atoms with van der Waals surface area (Å²) in [5.74, 6) is -6.10. The van der Waals surface area contributed by atoms with Gasteiger partial charge in [0.15, 0.2) is 30.2 Å². The fourth-order valence-electron chi connectivity index (χ4n) is 14.1. The largest absolute Gasteiger partial charge is 0.506 e. The van der Waals surface area contributed by atoms with Crippen LogP contribution < -0.4 is 0 Å². The molecule has 0 radical (unpaired) electrons. The lowest BCUT2D eigenvalue weighted by Crippen LogP contribution is -2.65. The summed E-state index contributed by atoms with van der Waals surface area (Å²) in [6, 6.07) is 0. The Hall–Kier alpha value is -3.11. The zero-order valence-electron chi connectivity index (χ0n) is 46.8. The minimum Gasteiger partial charge on any atom is -0.506 e. The standard InChI is InChI=1S/C53H86O31/c1-22-16-52-12-6-30-50(3,10-5-11-51(30,4)49(72)80-45(71)42(78-47-39(69)36(66)34(64)28(18-57)75-47)40(82-73)26(9-15-55)83-84-27(17-56)23(2)59)31(52)7-13-53(22,21-52)81-48-43(79-46-38(68)33(63)25(61)20-74-46)41(35(65)29(19-58)76-48)77-44(70)37(67)32(62)24(60)8-14-54/h23-31,33-36,38-39,41,43-48,54-71,73H,1,5-21H2,2-4H3/b37-32-,42-40-/t23-,24+,25+,26+,27?,28-,29?,30?,31-,33?,34?,35?,36?,38?,39?,41+,43?,44-,45-,46-,47-,48-,50+,51+,52+,53-/m0/s1. The SMILES string of the molecule is C=C1C[C@@]23CCC4[C@](C)(C(=O)O[C@H](O)/C(O[C@@H]5O[C@@H](CO)C(O)C(O)C5O)=C(/OO)[C@@H](CCO)OOC(CO)[C@H](C)O)CCC[C@@]4(C)[C@@H]2CC[C@]1(O[C@@H]1OC(CO)C(O)[C@@H](O[C@H](O)/C(O)=C(/O)[C@H](O)CCO)C1O[C@@H]1OC[C@@H](O)C(O)C1O)C3. The zero-order valence-corrected chi connectivity index (χ0v) is 46.8. The second kappa shape index (κ2) is 28.2. The minimum atomic E-state index is -2.58. The predicted molar refractivity (Wildman–Crippen MR) is 273 cm³/mol. The molecule has 7 fully saturated rings. The van der Waals surface area contributed by atoms with Crippen LogP contribution in [-0.4, -0.2) is 271 Å². The Kier molecular flexibility index (Phi) is 22.9. The average molecular weight is 1220 g/mol. The molecule has 7 rings (SSSR count). The molecule has 10 unspecified atom stereocenters. The number of aliphatic hydroxyl groups excluding tert-OH is 18. The molecule has 84 heavy (non-hydrogen) atoms. The van der Waals surface area contributed by atoms with Gasteiger partial charge in [0.25, 0.3) is 6.29 Å². The second-order valence-electron chi connectivity index (χ2n) is 23.8. The Labute approximate surface area is 482 Å². The van der Waals surface area contributed by atoms with Crippen LogP contribution in [0.3, 0.4) is 0 Å². The first-order chi connectivity index (χ1) is 39.7. The van der Waals surface area contributed by atoms with Crippen LogP contribution in [0, 0.1) is 28.1 Å². The van der Waals surface area contributed by atoms with Crippen LogP contribution in [0.2, 0.25) is 0 Å². The fourth-order valence-corrected chi connectivity index (χ4v) is 14.1. The van der Waals surface area contributed by atoms with Crippen LogP contribution in [0.1, 0.15) is 91.4 Å². The number of hydrogen-bond donors (Lipinski definition) is 19. The molecular formula is C53H86O31. The minimum absolute atomic E-state index is 0.155. The van der Waals surface area contributed by atoms with E-state index in [2.05, 4.69) is 18.4 Å². The monoisotopic (exact) mass is 1220 g/mol. The molecular weight excluding hydrogens is 1130 g/mol. The molecule has 0 aromatic heterocycles. The van der Waals surface area contributed by atoms with Crippen molar-refractivity contribution in [3.63, 3.8) is 0 Å². The predicted octanol–water partition coefficient (Wildman–Crippen LogP) is -4.41. The van der Waals surface area contributed by atoms with E-state index in [0.717, 1.165) is 0 Å². The van der Waals surface area contributed by atoms with Crippen LogP contribution in [-0.2, 0) is 57.4 Å². The second-order valence-corrected chi connectivity index (χ2v) is 23.8. The van der Waals surface area contributed by atoms with Crippen molar-refractivity contribution in [3.05, 3.63) is 35.2 Å². The van der Waals surface area contributed by atoms with E-state index < -0.39 is 232 Å². The molecule has 4 saturated carbocycles. The molecule has 1 spiro atoms. The van der Waals surface area contributed by atoms with E-state index in [0.29, 0.717) is 44.1 Å². The first-order valence-corrected chi connectivity index (χ1v) is 28.2. The normalized spacial score (nSPS) is 42.5. The van der Waals surface area contributed by atoms with Gasteiger partial charge in [-0.3, -0.25) is 4.79 Å². The third-order valence-corrected chi connectivity index (χ3v) is 18.6. The van der Waals surface area contributed by atoms with Crippen LogP contribution in [0.25, 0.3) is 0 Å². The van der Waals surface area contributed by atoms with Crippen LogP contribution in [0.4, 0.5) is 0 Å². The van der Waals surface area contributed by atoms with E-state index in [4.69, 9.17) is 47.7 Å². The van der Waals surface area contributed by atoms with Crippen molar-refractivity contribution in [2.45, 2.75) is 220 Å². The van der Waals surface area contributed by atoms with Gasteiger partial charge in [-0.25, -0.2) is 15.0 Å². The average Bonchev–Trinajstić information content (AvgIpc) is 1.62. The van der Waals surface area contributed by atoms with Crippen molar-refractivity contribution in [1.29, 1.82) is 0 Å². The number of carbonyl (C=O) groups is 1. The third-order valence-electron chi connectivity index (χ3n) is 18.6. The fraction of sp³-hybridized carbons (Fsp3) is 0.868. The molecule has 484 valence electrons. The van der Waals surface area contributed by atoms with E-state index in [-0.39, 0.29) is 25.2 Å². The van der Waals surface area contributed by atoms with Gasteiger partial charge in [0.05, 0.1) is 43.5 Å². The van der Waals surface area contributed by atoms with Crippen molar-refractivity contribution in [2.75, 3.05) is 39.6 Å². The summed E-state index contributed by atoms with van der Waals surface area (Å²) in [7, 11) is 0. The van der Waals surface area contributed by atoms with Gasteiger partial charge in [-0.2, -0.15) is 0 Å². The van der Waals surface area contributed by atoms with Crippen LogP contribution >= 0.6 is 0 Å². The number of esters is 1. The lowest BCUT2D eigenvalue weighted by Gasteiger charge is -2.64. The Morgan fingerprint density at radius 2 is 1.36 bits per heavy atom. The molecule has 3 aliphatic heterocycles. The highest BCUT2D eigenvalue weighted by Gasteiger charge is 2.69. The van der Waals surface area contributed by atoms with Gasteiger partial charge in [-0.05, 0) is 93.5 Å². The van der Waals surface area contributed by atoms with Crippen molar-refractivity contribution in [2.24, 2.45) is 28.1 Å². The van der Waals surface area contributed by atoms with Gasteiger partial charge >= 0.3 is 5.97 Å². The van der Waals surface area contributed by atoms with Crippen molar-refractivity contribution >= 4 is 5.97 Å². The molecule has 0 aromatic carbocycles. The van der Waals surface area contributed by atoms with E-state index in [1.54, 1.807) is 6.92 Å². The summed E-state index contributed by atoms with van der Waals surface area (Å²) in [6.07, 6.45) is -34.7. The number of rotatable bonds is 26. The highest BCUT2D eigenvalue weighted by atomic mass is 17.2. The topological polar surface area (TPSA) is 503 Å². The third kappa shape index (κ3) is 13.4. The first kappa shape index (κ1) is 68.4. The maximum atomic E-state index is 15.0. The van der Waals surface area contributed by atoms with Gasteiger partial charge in [0, 0.05) is 26.1 Å². The van der Waals surface area contributed by atoms with E-state index >= 15 is 0 Å². The number of fused-ring (bicyclic) bond motifs is 3. The molecule has 2 bridgehead atoms. The Bertz CT molecular complexity index is 2260. The lowest BCUT2D eigenvalue weighted by molar-refractivity contribution is -0.380. The summed E-state index contributed by atoms with van der Waals surface area (Å²) in [5.41, 5.74) is -3.27. The van der Waals surface area contributed by atoms with E-state index in [1.165, 1.54) is 6.92 Å². The summed E-state index contributed by atoms with van der Waals surface area (Å²) >= 11 is 0. The highest BCUT2D eigenvalue weighted by Crippen LogP contribution is 2.74. The molecule has 4 aliphatic carbocycles. The summed E-state index contributed by atoms with van der Waals surface area (Å²) in [6.45, 7) is 4.95. The molecule has 7 aliphatic rings. The molecule has 19 N–H and O–H groups in total. The maximum absolute atomic E-state index is 15.0. The van der Waals surface area contributed by atoms with Gasteiger partial charge in [-0.1, -0.05) is 19.9 Å². The van der Waals surface area contributed by atoms with Gasteiger partial charge < -0.3 is 135 Å². The van der Waals surface area contributed by atoms with Gasteiger partial charge in [0.2, 0.25) is 24.1 Å². The number of ether oxygens (including phenoxy) is 8. The molecule has 0 amide bonds. The van der Waals surface area contributed by atoms with Gasteiger partial charge in [0.1, 0.15) is 79.4 Å². The molecule has 3 heterocycles. The molecule has 0 aromatic rings. The van der Waals surface area contributed by atoms with Crippen molar-refractivity contribution in [1.82, 2.24) is 0 Å². The Balaban J connectivity index is 1.16. The highest BCUT2D eigenvalue weighted by molar-refractivity contribution is 5.77. The summed E-state index contributed by atoms with van der Waals surface area (Å²) in [5, 5.41) is 200. The number of hydrogen-bond acceptors (Lipinski definition) is 31. The number of carbonyl (C=O) groups excluding carboxylic acids is 1. The quantitative estimate of drug-likeness (QED) is 0.00739. The Morgan fingerprint density at radius 3 is 1.99 bits per heavy atom. The summed E-state index contributed by atoms with van der Waals surface area (Å²) in [4.78, 5) is 30.0. The lowest BCUT2D eigenvalue weighted by atomic mass is 9.41. The van der Waals surface area contributed by atoms with E-state index in [1.807, 2.05) is 0 Å². The Morgan fingerprint density at radius 1 is 0.714 bits per heavy atom. The van der Waals surface area contributed by atoms with E-state index in [9.17, 15) is 102 Å². The molecule has 3 saturated heterocycles. The maximum Gasteiger partial charge on any atom is 0.314 e. The first-order valence-electron chi connectivity index (χ1n) is 28.2. The molecule has 31 nitrogen and oxygen atoms in total. The molecule has 31 heteroatoms.